The molecule has 0 aliphatic carbocycles. The SMILES string of the molecule is CNCc1cncn1CCc1ccc(OC)cc1. The van der Waals surface area contributed by atoms with Crippen molar-refractivity contribution in [1.82, 2.24) is 14.9 Å². The van der Waals surface area contributed by atoms with Crippen LogP contribution >= 0.6 is 0 Å². The number of hydrogen-bond donors (Lipinski definition) is 1. The number of ether oxygens (including phenoxy) is 1. The molecule has 0 aliphatic heterocycles. The van der Waals surface area contributed by atoms with Crippen LogP contribution in [-0.4, -0.2) is 23.7 Å². The molecule has 2 aromatic rings. The molecule has 1 N–H and O–H groups in total. The Morgan fingerprint density at radius 3 is 2.72 bits per heavy atom. The van der Waals surface area contributed by atoms with E-state index in [0.29, 0.717) is 0 Å². The summed E-state index contributed by atoms with van der Waals surface area (Å²) in [5.41, 5.74) is 2.52. The van der Waals surface area contributed by atoms with E-state index in [9.17, 15) is 0 Å². The van der Waals surface area contributed by atoms with Crippen LogP contribution < -0.4 is 10.1 Å². The summed E-state index contributed by atoms with van der Waals surface area (Å²) in [5, 5.41) is 3.15. The van der Waals surface area contributed by atoms with Gasteiger partial charge in [0.25, 0.3) is 0 Å². The molecular weight excluding hydrogens is 226 g/mol. The van der Waals surface area contributed by atoms with Crippen LogP contribution in [0.2, 0.25) is 0 Å². The molecule has 0 bridgehead atoms. The van der Waals surface area contributed by atoms with E-state index in [1.54, 1.807) is 7.11 Å². The highest BCUT2D eigenvalue weighted by molar-refractivity contribution is 5.27. The van der Waals surface area contributed by atoms with Crippen LogP contribution in [0.4, 0.5) is 0 Å². The lowest BCUT2D eigenvalue weighted by molar-refractivity contribution is 0.414. The Balaban J connectivity index is 1.95. The molecule has 1 aromatic carbocycles. The van der Waals surface area contributed by atoms with Gasteiger partial charge in [-0.3, -0.25) is 0 Å². The van der Waals surface area contributed by atoms with Gasteiger partial charge in [0.15, 0.2) is 0 Å². The number of benzene rings is 1. The Labute approximate surface area is 108 Å². The van der Waals surface area contributed by atoms with Crippen LogP contribution in [0.5, 0.6) is 5.75 Å². The summed E-state index contributed by atoms with van der Waals surface area (Å²) < 4.78 is 7.33. The van der Waals surface area contributed by atoms with Crippen LogP contribution in [0, 0.1) is 0 Å². The molecule has 0 saturated heterocycles. The van der Waals surface area contributed by atoms with E-state index in [2.05, 4.69) is 27.0 Å². The zero-order valence-electron chi connectivity index (χ0n) is 10.9. The maximum Gasteiger partial charge on any atom is 0.118 e. The maximum atomic E-state index is 5.15. The average Bonchev–Trinajstić information content (AvgIpc) is 2.85. The Morgan fingerprint density at radius 2 is 2.06 bits per heavy atom. The summed E-state index contributed by atoms with van der Waals surface area (Å²) in [7, 11) is 3.63. The lowest BCUT2D eigenvalue weighted by atomic mass is 10.1. The van der Waals surface area contributed by atoms with Crippen molar-refractivity contribution in [2.75, 3.05) is 14.2 Å². The highest BCUT2D eigenvalue weighted by Crippen LogP contribution is 2.12. The van der Waals surface area contributed by atoms with Crippen LogP contribution in [0.15, 0.2) is 36.8 Å². The number of hydrogen-bond acceptors (Lipinski definition) is 3. The predicted molar refractivity (Wildman–Crippen MR) is 71.7 cm³/mol. The number of aromatic nitrogens is 2. The molecule has 96 valence electrons. The number of nitrogens with zero attached hydrogens (tertiary/aromatic N) is 2. The van der Waals surface area contributed by atoms with Gasteiger partial charge in [0.1, 0.15) is 5.75 Å². The van der Waals surface area contributed by atoms with Gasteiger partial charge in [0, 0.05) is 19.3 Å². The third kappa shape index (κ3) is 3.11. The van der Waals surface area contributed by atoms with E-state index in [0.717, 1.165) is 25.3 Å². The van der Waals surface area contributed by atoms with E-state index in [1.807, 2.05) is 31.7 Å². The molecule has 1 aromatic heterocycles. The van der Waals surface area contributed by atoms with Crippen LogP contribution in [-0.2, 0) is 19.5 Å². The maximum absolute atomic E-state index is 5.15. The third-order valence-electron chi connectivity index (χ3n) is 2.96. The molecule has 0 aliphatic rings. The van der Waals surface area contributed by atoms with Gasteiger partial charge in [-0.1, -0.05) is 12.1 Å². The molecule has 0 fully saturated rings. The standard InChI is InChI=1S/C14H19N3O/c1-15-9-13-10-16-11-17(13)8-7-12-3-5-14(18-2)6-4-12/h3-6,10-11,15H,7-9H2,1-2H3. The summed E-state index contributed by atoms with van der Waals surface area (Å²) in [6, 6.07) is 8.20. The first kappa shape index (κ1) is 12.6. The quantitative estimate of drug-likeness (QED) is 0.844. The van der Waals surface area contributed by atoms with Crippen LogP contribution in [0.1, 0.15) is 11.3 Å². The van der Waals surface area contributed by atoms with Gasteiger partial charge < -0.3 is 14.6 Å². The largest absolute Gasteiger partial charge is 0.497 e. The van der Waals surface area contributed by atoms with E-state index in [1.165, 1.54) is 11.3 Å². The third-order valence-corrected chi connectivity index (χ3v) is 2.96. The van der Waals surface area contributed by atoms with Crippen molar-refractivity contribution >= 4 is 0 Å². The Kier molecular flexibility index (Phi) is 4.36. The van der Waals surface area contributed by atoms with Crippen molar-refractivity contribution in [3.63, 3.8) is 0 Å². The van der Waals surface area contributed by atoms with Crippen molar-refractivity contribution in [1.29, 1.82) is 0 Å². The Morgan fingerprint density at radius 1 is 1.28 bits per heavy atom. The van der Waals surface area contributed by atoms with E-state index >= 15 is 0 Å². The number of rotatable bonds is 6. The van der Waals surface area contributed by atoms with Gasteiger partial charge in [0.05, 0.1) is 19.1 Å². The second-order valence-electron chi connectivity index (χ2n) is 4.21. The first-order valence-corrected chi connectivity index (χ1v) is 6.10. The highest BCUT2D eigenvalue weighted by atomic mass is 16.5. The van der Waals surface area contributed by atoms with Crippen molar-refractivity contribution in [3.05, 3.63) is 48.0 Å². The molecule has 18 heavy (non-hydrogen) atoms. The Hall–Kier alpha value is -1.81. The molecule has 1 heterocycles. The lowest BCUT2D eigenvalue weighted by Crippen LogP contribution is -2.11. The summed E-state index contributed by atoms with van der Waals surface area (Å²) in [6.07, 6.45) is 4.79. The van der Waals surface area contributed by atoms with Crippen LogP contribution in [0.3, 0.4) is 0 Å². The minimum atomic E-state index is 0.850. The molecule has 0 unspecified atom stereocenters. The van der Waals surface area contributed by atoms with Gasteiger partial charge in [-0.15, -0.1) is 0 Å². The van der Waals surface area contributed by atoms with Crippen molar-refractivity contribution < 1.29 is 4.74 Å². The molecule has 0 saturated carbocycles. The molecule has 0 radical (unpaired) electrons. The predicted octanol–water partition coefficient (Wildman–Crippen LogP) is 1.85. The minimum Gasteiger partial charge on any atom is -0.497 e. The highest BCUT2D eigenvalue weighted by Gasteiger charge is 2.01. The molecule has 0 atom stereocenters. The van der Waals surface area contributed by atoms with Crippen LogP contribution in [0.25, 0.3) is 0 Å². The van der Waals surface area contributed by atoms with Crippen molar-refractivity contribution in [2.45, 2.75) is 19.5 Å². The molecule has 4 heteroatoms. The van der Waals surface area contributed by atoms with Gasteiger partial charge in [-0.25, -0.2) is 4.98 Å². The normalized spacial score (nSPS) is 10.6. The van der Waals surface area contributed by atoms with E-state index in [-0.39, 0.29) is 0 Å². The fourth-order valence-electron chi connectivity index (χ4n) is 1.92. The molecule has 4 nitrogen and oxygen atoms in total. The van der Waals surface area contributed by atoms with E-state index < -0.39 is 0 Å². The molecule has 0 amide bonds. The summed E-state index contributed by atoms with van der Waals surface area (Å²) in [5.74, 6) is 0.900. The zero-order valence-corrected chi connectivity index (χ0v) is 10.9. The number of aryl methyl sites for hydroxylation is 2. The monoisotopic (exact) mass is 245 g/mol. The number of nitrogens with one attached hydrogen (secondary N) is 1. The first-order chi connectivity index (χ1) is 8.83. The summed E-state index contributed by atoms with van der Waals surface area (Å²) in [4.78, 5) is 4.18. The van der Waals surface area contributed by atoms with Crippen molar-refractivity contribution in [3.8, 4) is 5.75 Å². The fourth-order valence-corrected chi connectivity index (χ4v) is 1.92. The zero-order chi connectivity index (χ0) is 12.8. The second-order valence-corrected chi connectivity index (χ2v) is 4.21. The van der Waals surface area contributed by atoms with Crippen molar-refractivity contribution in [2.24, 2.45) is 0 Å². The second kappa shape index (κ2) is 6.21. The fraction of sp³-hybridized carbons (Fsp3) is 0.357. The van der Waals surface area contributed by atoms with E-state index in [4.69, 9.17) is 4.74 Å². The van der Waals surface area contributed by atoms with Gasteiger partial charge in [-0.05, 0) is 31.2 Å². The summed E-state index contributed by atoms with van der Waals surface area (Å²) in [6.45, 7) is 1.80. The molecule has 0 spiro atoms. The molecule has 2 rings (SSSR count). The smallest absolute Gasteiger partial charge is 0.118 e. The lowest BCUT2D eigenvalue weighted by Gasteiger charge is -2.08. The topological polar surface area (TPSA) is 39.1 Å². The average molecular weight is 245 g/mol. The number of methoxy groups -OCH3 is 1. The van der Waals surface area contributed by atoms with Gasteiger partial charge in [-0.2, -0.15) is 0 Å². The van der Waals surface area contributed by atoms with Gasteiger partial charge in [0.2, 0.25) is 0 Å². The molecular formula is C14H19N3O. The first-order valence-electron chi connectivity index (χ1n) is 6.10. The Bertz CT molecular complexity index is 476. The summed E-state index contributed by atoms with van der Waals surface area (Å²) >= 11 is 0. The van der Waals surface area contributed by atoms with Gasteiger partial charge >= 0.3 is 0 Å². The number of imidazole rings is 1. The minimum absolute atomic E-state index is 0.850.